The first-order chi connectivity index (χ1) is 13.8. The summed E-state index contributed by atoms with van der Waals surface area (Å²) in [5, 5.41) is 0. The molecule has 2 aromatic rings. The maximum atomic E-state index is 12.2. The molecule has 154 valence electrons. The number of unbranched alkanes of at least 4 members (excludes halogenated alkanes) is 11. The van der Waals surface area contributed by atoms with Gasteiger partial charge in [0.1, 0.15) is 5.52 Å². The summed E-state index contributed by atoms with van der Waals surface area (Å²) in [5.74, 6) is 0.215. The smallest absolute Gasteiger partial charge is 0.264 e. The molecule has 4 nitrogen and oxygen atoms in total. The molecule has 0 saturated carbocycles. The fraction of sp³-hybridized carbons (Fsp3) is 0.625. The molecule has 0 spiro atoms. The Balaban J connectivity index is 1.42. The summed E-state index contributed by atoms with van der Waals surface area (Å²) >= 11 is 0. The summed E-state index contributed by atoms with van der Waals surface area (Å²) in [6.45, 7) is 2.26. The van der Waals surface area contributed by atoms with Gasteiger partial charge in [0.2, 0.25) is 5.78 Å². The average molecular weight is 385 g/mol. The summed E-state index contributed by atoms with van der Waals surface area (Å²) in [7, 11) is 0. The maximum absolute atomic E-state index is 12.2. The van der Waals surface area contributed by atoms with Gasteiger partial charge < -0.3 is 4.42 Å². The molecule has 0 unspecified atom stereocenters. The van der Waals surface area contributed by atoms with Crippen LogP contribution in [0.25, 0.3) is 11.1 Å². The summed E-state index contributed by atoms with van der Waals surface area (Å²) in [6, 6.07) is 1.74. The van der Waals surface area contributed by atoms with Crippen LogP contribution in [0.4, 0.5) is 0 Å². The number of oxazole rings is 1. The zero-order valence-corrected chi connectivity index (χ0v) is 17.5. The van der Waals surface area contributed by atoms with Gasteiger partial charge in [-0.15, -0.1) is 0 Å². The summed E-state index contributed by atoms with van der Waals surface area (Å²) in [4.78, 5) is 20.4. The van der Waals surface area contributed by atoms with Crippen LogP contribution in [0.15, 0.2) is 35.0 Å². The molecule has 2 rings (SSSR count). The van der Waals surface area contributed by atoms with Crippen molar-refractivity contribution in [2.24, 2.45) is 0 Å². The van der Waals surface area contributed by atoms with E-state index >= 15 is 0 Å². The van der Waals surface area contributed by atoms with Gasteiger partial charge in [-0.05, 0) is 32.1 Å². The van der Waals surface area contributed by atoms with E-state index in [0.29, 0.717) is 17.5 Å². The van der Waals surface area contributed by atoms with Gasteiger partial charge in [0, 0.05) is 18.7 Å². The van der Waals surface area contributed by atoms with Crippen molar-refractivity contribution in [3.63, 3.8) is 0 Å². The highest BCUT2D eigenvalue weighted by Gasteiger charge is 2.13. The Morgan fingerprint density at radius 3 is 2.25 bits per heavy atom. The topological polar surface area (TPSA) is 56.0 Å². The van der Waals surface area contributed by atoms with E-state index in [1.54, 1.807) is 18.5 Å². The number of ketones is 1. The Hall–Kier alpha value is -1.97. The van der Waals surface area contributed by atoms with Crippen LogP contribution in [0.5, 0.6) is 0 Å². The Bertz CT molecular complexity index is 672. The van der Waals surface area contributed by atoms with Crippen LogP contribution in [0, 0.1) is 0 Å². The van der Waals surface area contributed by atoms with E-state index in [1.165, 1.54) is 70.6 Å². The zero-order valence-electron chi connectivity index (χ0n) is 17.5. The summed E-state index contributed by atoms with van der Waals surface area (Å²) in [6.07, 6.45) is 24.8. The molecule has 0 bridgehead atoms. The zero-order chi connectivity index (χ0) is 19.9. The number of hydrogen-bond donors (Lipinski definition) is 0. The van der Waals surface area contributed by atoms with Crippen LogP contribution in [0.1, 0.15) is 108 Å². The highest BCUT2D eigenvalue weighted by atomic mass is 16.4. The number of aromatic nitrogens is 2. The van der Waals surface area contributed by atoms with Crippen LogP contribution in [-0.4, -0.2) is 15.8 Å². The molecule has 0 fully saturated rings. The monoisotopic (exact) mass is 384 g/mol. The van der Waals surface area contributed by atoms with Crippen molar-refractivity contribution >= 4 is 16.9 Å². The molecule has 0 radical (unpaired) electrons. The van der Waals surface area contributed by atoms with E-state index < -0.39 is 0 Å². The Morgan fingerprint density at radius 2 is 1.57 bits per heavy atom. The number of Topliss-reactive ketones (excluding diaryl/α,β-unsaturated/α-hetero) is 1. The van der Waals surface area contributed by atoms with Crippen LogP contribution in [0.3, 0.4) is 0 Å². The first-order valence-electron chi connectivity index (χ1n) is 11.2. The second kappa shape index (κ2) is 14.1. The molecule has 0 aliphatic carbocycles. The standard InChI is InChI=1S/C24H36N2O2/c1-2-3-4-5-6-7-8-9-10-11-12-13-14-15-16-17-22(27)24-26-21-20-25-19-18-23(21)28-24/h9-10,18-20H,2-8,11-17H2,1H3. The largest absolute Gasteiger partial charge is 0.434 e. The number of fused-ring (bicyclic) bond motifs is 1. The van der Waals surface area contributed by atoms with E-state index in [-0.39, 0.29) is 11.7 Å². The molecule has 0 aliphatic rings. The van der Waals surface area contributed by atoms with Gasteiger partial charge >= 0.3 is 0 Å². The molecule has 2 heterocycles. The van der Waals surface area contributed by atoms with Crippen molar-refractivity contribution in [1.29, 1.82) is 0 Å². The predicted octanol–water partition coefficient (Wildman–Crippen LogP) is 7.44. The van der Waals surface area contributed by atoms with E-state index in [4.69, 9.17) is 4.42 Å². The molecule has 0 atom stereocenters. The fourth-order valence-electron chi connectivity index (χ4n) is 3.36. The molecule has 0 aliphatic heterocycles. The Labute approximate surface area is 169 Å². The lowest BCUT2D eigenvalue weighted by Gasteiger charge is -2.00. The highest BCUT2D eigenvalue weighted by Crippen LogP contribution is 2.16. The van der Waals surface area contributed by atoms with Crippen LogP contribution in [0.2, 0.25) is 0 Å². The van der Waals surface area contributed by atoms with Gasteiger partial charge in [-0.3, -0.25) is 9.78 Å². The molecule has 28 heavy (non-hydrogen) atoms. The van der Waals surface area contributed by atoms with Crippen LogP contribution >= 0.6 is 0 Å². The van der Waals surface area contributed by atoms with E-state index in [0.717, 1.165) is 12.8 Å². The van der Waals surface area contributed by atoms with Gasteiger partial charge in [-0.25, -0.2) is 4.98 Å². The molecular formula is C24H36N2O2. The number of pyridine rings is 1. The minimum Gasteiger partial charge on any atom is -0.434 e. The minimum absolute atomic E-state index is 0.00572. The number of hydrogen-bond acceptors (Lipinski definition) is 4. The molecule has 0 N–H and O–H groups in total. The molecular weight excluding hydrogens is 348 g/mol. The van der Waals surface area contributed by atoms with Crippen LogP contribution < -0.4 is 0 Å². The summed E-state index contributed by atoms with van der Waals surface area (Å²) in [5.41, 5.74) is 1.28. The number of nitrogens with zero attached hydrogens (tertiary/aromatic N) is 2. The second-order valence-electron chi connectivity index (χ2n) is 7.62. The first-order valence-corrected chi connectivity index (χ1v) is 11.2. The van der Waals surface area contributed by atoms with Crippen molar-refractivity contribution in [1.82, 2.24) is 9.97 Å². The third kappa shape index (κ3) is 8.81. The van der Waals surface area contributed by atoms with E-state index in [1.807, 2.05) is 0 Å². The molecule has 0 amide bonds. The van der Waals surface area contributed by atoms with Crippen molar-refractivity contribution in [2.45, 2.75) is 96.8 Å². The van der Waals surface area contributed by atoms with Gasteiger partial charge in [0.15, 0.2) is 5.58 Å². The number of carbonyl (C=O) groups excluding carboxylic acids is 1. The molecule has 2 aromatic heterocycles. The third-order valence-electron chi connectivity index (χ3n) is 5.09. The SMILES string of the molecule is CCCCCCCCC=CCCCCCCCC(=O)c1nc2cnccc2o1. The molecule has 4 heteroatoms. The quantitative estimate of drug-likeness (QED) is 0.171. The fourth-order valence-corrected chi connectivity index (χ4v) is 3.36. The molecule has 0 saturated heterocycles. The van der Waals surface area contributed by atoms with Crippen molar-refractivity contribution < 1.29 is 9.21 Å². The van der Waals surface area contributed by atoms with Gasteiger partial charge in [0.25, 0.3) is 5.89 Å². The average Bonchev–Trinajstić information content (AvgIpc) is 3.15. The lowest BCUT2D eigenvalue weighted by molar-refractivity contribution is 0.0947. The van der Waals surface area contributed by atoms with E-state index in [2.05, 4.69) is 29.0 Å². The van der Waals surface area contributed by atoms with Crippen molar-refractivity contribution in [2.75, 3.05) is 0 Å². The highest BCUT2D eigenvalue weighted by molar-refractivity contribution is 5.93. The molecule has 0 aromatic carbocycles. The first kappa shape index (κ1) is 22.3. The van der Waals surface area contributed by atoms with Crippen molar-refractivity contribution in [3.8, 4) is 0 Å². The lowest BCUT2D eigenvalue weighted by Crippen LogP contribution is -1.99. The van der Waals surface area contributed by atoms with Gasteiger partial charge in [0.05, 0.1) is 6.20 Å². The predicted molar refractivity (Wildman–Crippen MR) is 116 cm³/mol. The van der Waals surface area contributed by atoms with E-state index in [9.17, 15) is 4.79 Å². The Kier molecular flexibility index (Phi) is 11.2. The van der Waals surface area contributed by atoms with Crippen LogP contribution in [-0.2, 0) is 0 Å². The maximum Gasteiger partial charge on any atom is 0.264 e. The third-order valence-corrected chi connectivity index (χ3v) is 5.09. The normalized spacial score (nSPS) is 11.6. The Morgan fingerprint density at radius 1 is 0.929 bits per heavy atom. The van der Waals surface area contributed by atoms with Gasteiger partial charge in [-0.2, -0.15) is 0 Å². The minimum atomic E-state index is -0.00572. The summed E-state index contributed by atoms with van der Waals surface area (Å²) < 4.78 is 5.50. The second-order valence-corrected chi connectivity index (χ2v) is 7.62. The van der Waals surface area contributed by atoms with Gasteiger partial charge in [-0.1, -0.05) is 70.4 Å². The number of allylic oxidation sites excluding steroid dienone is 2. The number of carbonyl (C=O) groups is 1. The number of rotatable bonds is 16. The lowest BCUT2D eigenvalue weighted by atomic mass is 10.1. The van der Waals surface area contributed by atoms with Crippen molar-refractivity contribution in [3.05, 3.63) is 36.5 Å².